The number of hydrogen-bond donors (Lipinski definition) is 3. The Morgan fingerprint density at radius 1 is 0.944 bits per heavy atom. The Balaban J connectivity index is 0.000000572. The minimum absolute atomic E-state index is 0.105. The number of alkyl halides is 3. The molecule has 0 atom stereocenters. The maximum atomic E-state index is 12.9. The molecule has 2 heterocycles. The molecule has 36 heavy (non-hydrogen) atoms. The first-order valence-corrected chi connectivity index (χ1v) is 12.7. The summed E-state index contributed by atoms with van der Waals surface area (Å²) in [5, 5.41) is 13.7. The zero-order chi connectivity index (χ0) is 26.7. The molecular weight excluding hydrogens is 483 g/mol. The Labute approximate surface area is 209 Å². The number of rotatable bonds is 6. The molecule has 2 saturated heterocycles. The largest absolute Gasteiger partial charge is 0.490 e. The number of esters is 1. The van der Waals surface area contributed by atoms with Crippen molar-refractivity contribution in [1.29, 1.82) is 0 Å². The van der Waals surface area contributed by atoms with E-state index in [0.29, 0.717) is 18.2 Å². The fraction of sp³-hybridized carbons (Fsp3) is 0.833. The number of carbonyl (C=O) groups excluding carboxylic acids is 3. The zero-order valence-corrected chi connectivity index (χ0v) is 20.8. The number of methoxy groups -OCH3 is 1. The summed E-state index contributed by atoms with van der Waals surface area (Å²) in [6.45, 7) is 3.46. The van der Waals surface area contributed by atoms with Crippen molar-refractivity contribution in [2.45, 2.75) is 76.4 Å². The number of nitrogens with zero attached hydrogens (tertiary/aromatic N) is 1. The number of carboxylic acid groups (broad SMARTS) is 1. The van der Waals surface area contributed by atoms with Crippen LogP contribution in [-0.2, 0) is 23.9 Å². The predicted molar refractivity (Wildman–Crippen MR) is 124 cm³/mol. The smallest absolute Gasteiger partial charge is 0.475 e. The third-order valence-electron chi connectivity index (χ3n) is 7.29. The lowest BCUT2D eigenvalue weighted by atomic mass is 9.83. The van der Waals surface area contributed by atoms with Crippen LogP contribution >= 0.6 is 0 Å². The average molecular weight is 522 g/mol. The van der Waals surface area contributed by atoms with Gasteiger partial charge in [0.05, 0.1) is 7.11 Å². The van der Waals surface area contributed by atoms with Crippen LogP contribution in [0.15, 0.2) is 0 Å². The van der Waals surface area contributed by atoms with Crippen LogP contribution in [0.5, 0.6) is 0 Å². The van der Waals surface area contributed by atoms with Gasteiger partial charge in [-0.1, -0.05) is 0 Å². The molecule has 0 aromatic rings. The standard InChI is InChI=1S/C22H37N3O4.C2HF3O2/c1-29-20(26)7-2-16-10-14-25(15-11-16)22(28)18-3-5-19(6-4-18)24-21(27)17-8-12-23-13-9-17;3-2(4,5)1(6)7/h16-19,23H,2-15H2,1H3,(H,24,27);(H,6,7). The van der Waals surface area contributed by atoms with Crippen molar-refractivity contribution in [2.75, 3.05) is 33.3 Å². The molecule has 3 fully saturated rings. The fourth-order valence-corrected chi connectivity index (χ4v) is 5.01. The first kappa shape index (κ1) is 29.9. The maximum absolute atomic E-state index is 12.9. The first-order valence-electron chi connectivity index (χ1n) is 12.7. The summed E-state index contributed by atoms with van der Waals surface area (Å²) < 4.78 is 36.5. The monoisotopic (exact) mass is 521 g/mol. The number of piperidine rings is 2. The van der Waals surface area contributed by atoms with Gasteiger partial charge in [-0.2, -0.15) is 13.2 Å². The van der Waals surface area contributed by atoms with Crippen LogP contribution in [0.25, 0.3) is 0 Å². The van der Waals surface area contributed by atoms with Crippen molar-refractivity contribution < 1.29 is 42.2 Å². The topological polar surface area (TPSA) is 125 Å². The van der Waals surface area contributed by atoms with Gasteiger partial charge in [0.15, 0.2) is 0 Å². The molecular formula is C24H38F3N3O6. The Morgan fingerprint density at radius 2 is 1.50 bits per heavy atom. The summed E-state index contributed by atoms with van der Waals surface area (Å²) in [6, 6.07) is 0.227. The van der Waals surface area contributed by atoms with Crippen LogP contribution < -0.4 is 10.6 Å². The van der Waals surface area contributed by atoms with E-state index in [1.54, 1.807) is 0 Å². The highest BCUT2D eigenvalue weighted by Gasteiger charge is 2.38. The van der Waals surface area contributed by atoms with E-state index >= 15 is 0 Å². The summed E-state index contributed by atoms with van der Waals surface area (Å²) in [6.07, 6.45) is 3.61. The van der Waals surface area contributed by atoms with Crippen molar-refractivity contribution in [1.82, 2.24) is 15.5 Å². The van der Waals surface area contributed by atoms with Gasteiger partial charge in [-0.05, 0) is 76.8 Å². The van der Waals surface area contributed by atoms with Crippen molar-refractivity contribution in [3.63, 3.8) is 0 Å². The second-order valence-electron chi connectivity index (χ2n) is 9.77. The number of halogens is 3. The van der Waals surface area contributed by atoms with Gasteiger partial charge in [-0.25, -0.2) is 4.79 Å². The lowest BCUT2D eigenvalue weighted by molar-refractivity contribution is -0.192. The molecule has 1 saturated carbocycles. The molecule has 206 valence electrons. The quantitative estimate of drug-likeness (QED) is 0.459. The van der Waals surface area contributed by atoms with Gasteiger partial charge in [0.2, 0.25) is 11.8 Å². The van der Waals surface area contributed by atoms with E-state index in [9.17, 15) is 27.6 Å². The SMILES string of the molecule is COC(=O)CCC1CCN(C(=O)C2CCC(NC(=O)C3CCNCC3)CC2)CC1.O=C(O)C(F)(F)F. The van der Waals surface area contributed by atoms with Gasteiger partial charge in [0, 0.05) is 37.4 Å². The molecule has 0 aromatic heterocycles. The molecule has 2 aliphatic heterocycles. The van der Waals surface area contributed by atoms with Crippen molar-refractivity contribution in [3.05, 3.63) is 0 Å². The number of hydrogen-bond acceptors (Lipinski definition) is 6. The van der Waals surface area contributed by atoms with E-state index in [2.05, 4.69) is 10.6 Å². The highest BCUT2D eigenvalue weighted by molar-refractivity contribution is 5.80. The van der Waals surface area contributed by atoms with Crippen molar-refractivity contribution in [2.24, 2.45) is 17.8 Å². The summed E-state index contributed by atoms with van der Waals surface area (Å²) in [4.78, 5) is 47.6. The summed E-state index contributed by atoms with van der Waals surface area (Å²) in [7, 11) is 1.43. The number of carboxylic acids is 1. The molecule has 0 spiro atoms. The minimum Gasteiger partial charge on any atom is -0.475 e. The summed E-state index contributed by atoms with van der Waals surface area (Å²) in [5.74, 6) is -1.64. The normalized spacial score (nSPS) is 23.7. The Kier molecular flexibility index (Phi) is 11.9. The van der Waals surface area contributed by atoms with Crippen molar-refractivity contribution >= 4 is 23.8 Å². The van der Waals surface area contributed by atoms with Crippen LogP contribution in [0, 0.1) is 17.8 Å². The van der Waals surface area contributed by atoms with E-state index in [1.165, 1.54) is 7.11 Å². The summed E-state index contributed by atoms with van der Waals surface area (Å²) >= 11 is 0. The second-order valence-corrected chi connectivity index (χ2v) is 9.77. The van der Waals surface area contributed by atoms with E-state index < -0.39 is 12.1 Å². The molecule has 0 radical (unpaired) electrons. The van der Waals surface area contributed by atoms with Crippen LogP contribution in [0.4, 0.5) is 13.2 Å². The molecule has 1 aliphatic carbocycles. The van der Waals surface area contributed by atoms with Gasteiger partial charge in [0.25, 0.3) is 0 Å². The Hall–Kier alpha value is -2.37. The Bertz CT molecular complexity index is 742. The Morgan fingerprint density at radius 3 is 2.00 bits per heavy atom. The van der Waals surface area contributed by atoms with Crippen LogP contribution in [0.2, 0.25) is 0 Å². The number of carbonyl (C=O) groups is 4. The van der Waals surface area contributed by atoms with Gasteiger partial charge >= 0.3 is 18.1 Å². The third kappa shape index (κ3) is 9.94. The fourth-order valence-electron chi connectivity index (χ4n) is 5.01. The molecule has 12 heteroatoms. The predicted octanol–water partition coefficient (Wildman–Crippen LogP) is 2.49. The van der Waals surface area contributed by atoms with Gasteiger partial charge < -0.3 is 25.4 Å². The van der Waals surface area contributed by atoms with Gasteiger partial charge in [-0.3, -0.25) is 14.4 Å². The molecule has 3 N–H and O–H groups in total. The van der Waals surface area contributed by atoms with Gasteiger partial charge in [-0.15, -0.1) is 0 Å². The molecule has 3 aliphatic rings. The number of nitrogens with one attached hydrogen (secondary N) is 2. The van der Waals surface area contributed by atoms with Gasteiger partial charge in [0.1, 0.15) is 0 Å². The molecule has 2 amide bonds. The highest BCUT2D eigenvalue weighted by atomic mass is 19.4. The van der Waals surface area contributed by atoms with Crippen LogP contribution in [0.3, 0.4) is 0 Å². The maximum Gasteiger partial charge on any atom is 0.490 e. The lowest BCUT2D eigenvalue weighted by Gasteiger charge is -2.36. The molecule has 0 unspecified atom stereocenters. The number of aliphatic carboxylic acids is 1. The van der Waals surface area contributed by atoms with E-state index in [4.69, 9.17) is 14.6 Å². The van der Waals surface area contributed by atoms with Crippen LogP contribution in [-0.4, -0.2) is 79.3 Å². The molecule has 0 bridgehead atoms. The molecule has 9 nitrogen and oxygen atoms in total. The third-order valence-corrected chi connectivity index (χ3v) is 7.29. The first-order chi connectivity index (χ1) is 17.0. The molecule has 0 aromatic carbocycles. The number of ether oxygens (including phenoxy) is 1. The lowest BCUT2D eigenvalue weighted by Crippen LogP contribution is -2.46. The van der Waals surface area contributed by atoms with Crippen LogP contribution in [0.1, 0.15) is 64.2 Å². The van der Waals surface area contributed by atoms with E-state index in [0.717, 1.165) is 84.0 Å². The van der Waals surface area contributed by atoms with E-state index in [-0.39, 0.29) is 29.8 Å². The van der Waals surface area contributed by atoms with E-state index in [1.807, 2.05) is 4.90 Å². The molecule has 3 rings (SSSR count). The summed E-state index contributed by atoms with van der Waals surface area (Å²) in [5.41, 5.74) is 0. The number of amides is 2. The zero-order valence-electron chi connectivity index (χ0n) is 20.8. The average Bonchev–Trinajstić information content (AvgIpc) is 2.88. The van der Waals surface area contributed by atoms with Crippen molar-refractivity contribution in [3.8, 4) is 0 Å². The number of likely N-dealkylation sites (tertiary alicyclic amines) is 1. The highest BCUT2D eigenvalue weighted by Crippen LogP contribution is 2.29. The minimum atomic E-state index is -5.08. The second kappa shape index (κ2) is 14.4.